The molecule has 1 aromatic heterocycles. The van der Waals surface area contributed by atoms with Crippen molar-refractivity contribution in [3.8, 4) is 0 Å². The molecular formula is C25H32N3O3P. The molecule has 2 unspecified atom stereocenters. The van der Waals surface area contributed by atoms with E-state index in [1.807, 2.05) is 18.3 Å². The first-order valence-corrected chi connectivity index (χ1v) is 13.0. The molecule has 7 heteroatoms. The van der Waals surface area contributed by atoms with Crippen molar-refractivity contribution in [1.82, 2.24) is 9.97 Å². The third-order valence-corrected chi connectivity index (χ3v) is 8.63. The van der Waals surface area contributed by atoms with Crippen LogP contribution in [0.15, 0.2) is 55.0 Å². The molecule has 170 valence electrons. The summed E-state index contributed by atoms with van der Waals surface area (Å²) in [5, 5.41) is 3.24. The van der Waals surface area contributed by atoms with Gasteiger partial charge < -0.3 is 19.3 Å². The fraction of sp³-hybridized carbons (Fsp3) is 0.400. The molecule has 6 nitrogen and oxygen atoms in total. The van der Waals surface area contributed by atoms with Crippen molar-refractivity contribution in [2.45, 2.75) is 32.6 Å². The van der Waals surface area contributed by atoms with Gasteiger partial charge in [-0.05, 0) is 67.0 Å². The number of hydrogen-bond acceptors (Lipinski definition) is 4. The van der Waals surface area contributed by atoms with E-state index in [9.17, 15) is 4.57 Å². The van der Waals surface area contributed by atoms with E-state index in [4.69, 9.17) is 9.26 Å². The maximum atomic E-state index is 13.5. The van der Waals surface area contributed by atoms with E-state index in [1.165, 1.54) is 23.8 Å². The molecule has 2 heterocycles. The predicted octanol–water partition coefficient (Wildman–Crippen LogP) is 5.88. The van der Waals surface area contributed by atoms with Crippen molar-refractivity contribution >= 4 is 13.2 Å². The van der Waals surface area contributed by atoms with Gasteiger partial charge in [-0.15, -0.1) is 0 Å². The topological polar surface area (TPSA) is 76.2 Å². The highest BCUT2D eigenvalue weighted by atomic mass is 31.2. The molecule has 4 rings (SSSR count). The maximum Gasteiger partial charge on any atom is 0.293 e. The quantitative estimate of drug-likeness (QED) is 0.416. The number of hydrogen-bond donors (Lipinski definition) is 2. The van der Waals surface area contributed by atoms with E-state index >= 15 is 0 Å². The Morgan fingerprint density at radius 2 is 2.00 bits per heavy atom. The summed E-state index contributed by atoms with van der Waals surface area (Å²) in [6.45, 7) is 5.74. The zero-order valence-electron chi connectivity index (χ0n) is 19.0. The zero-order valence-corrected chi connectivity index (χ0v) is 19.9. The molecule has 0 saturated carbocycles. The van der Waals surface area contributed by atoms with Crippen LogP contribution < -0.4 is 5.09 Å². The van der Waals surface area contributed by atoms with Crippen LogP contribution in [0.3, 0.4) is 0 Å². The van der Waals surface area contributed by atoms with Crippen LogP contribution >= 0.6 is 7.52 Å². The lowest BCUT2D eigenvalue weighted by Crippen LogP contribution is -2.20. The van der Waals surface area contributed by atoms with E-state index in [0.29, 0.717) is 12.1 Å². The average molecular weight is 454 g/mol. The minimum atomic E-state index is -3.02. The molecular weight excluding hydrogens is 421 g/mol. The molecule has 2 aromatic carbocycles. The van der Waals surface area contributed by atoms with Gasteiger partial charge >= 0.3 is 0 Å². The molecule has 1 aliphatic heterocycles. The molecule has 2 N–H and O–H groups in total. The van der Waals surface area contributed by atoms with Crippen molar-refractivity contribution < 1.29 is 13.8 Å². The molecule has 1 saturated heterocycles. The number of aromatic amines is 1. The number of ether oxygens (including phenoxy) is 1. The van der Waals surface area contributed by atoms with Gasteiger partial charge in [0.05, 0.1) is 12.2 Å². The fourth-order valence-corrected chi connectivity index (χ4v) is 6.37. The molecule has 0 aliphatic carbocycles. The standard InChI is InChI=1S/C25H32N3O3P/c1-18-6-4-9-23(19(18)2)25(24-15-26-17-27-24)21-7-5-8-22(14-21)28-32(29,30-3)16-20-10-12-31-13-11-20/h4-9,14-15,17,20,25H,10-13,16H2,1-3H3,(H,26,27)(H,28,29). The summed E-state index contributed by atoms with van der Waals surface area (Å²) in [5.41, 5.74) is 6.65. The van der Waals surface area contributed by atoms with Crippen molar-refractivity contribution in [2.75, 3.05) is 31.6 Å². The zero-order chi connectivity index (χ0) is 22.6. The number of nitrogens with one attached hydrogen (secondary N) is 2. The monoisotopic (exact) mass is 453 g/mol. The Bertz CT molecular complexity index is 1080. The highest BCUT2D eigenvalue weighted by Crippen LogP contribution is 2.49. The first-order valence-electron chi connectivity index (χ1n) is 11.1. The van der Waals surface area contributed by atoms with Crippen LogP contribution in [-0.4, -0.2) is 36.5 Å². The smallest absolute Gasteiger partial charge is 0.293 e. The normalized spacial score (nSPS) is 17.6. The van der Waals surface area contributed by atoms with Crippen LogP contribution in [0.25, 0.3) is 0 Å². The van der Waals surface area contributed by atoms with Gasteiger partial charge in [0.15, 0.2) is 0 Å². The number of nitrogens with zero attached hydrogens (tertiary/aromatic N) is 1. The van der Waals surface area contributed by atoms with E-state index < -0.39 is 7.52 Å². The molecule has 2 atom stereocenters. The van der Waals surface area contributed by atoms with Gasteiger partial charge in [-0.25, -0.2) is 4.98 Å². The Hall–Kier alpha value is -2.40. The van der Waals surface area contributed by atoms with Crippen LogP contribution in [0.5, 0.6) is 0 Å². The molecule has 0 radical (unpaired) electrons. The minimum absolute atomic E-state index is 0.00317. The van der Waals surface area contributed by atoms with E-state index in [-0.39, 0.29) is 5.92 Å². The lowest BCUT2D eigenvalue weighted by Gasteiger charge is -2.27. The molecule has 1 fully saturated rings. The second kappa shape index (κ2) is 10.0. The van der Waals surface area contributed by atoms with Crippen molar-refractivity contribution in [3.05, 3.63) is 82.9 Å². The van der Waals surface area contributed by atoms with Crippen molar-refractivity contribution in [2.24, 2.45) is 5.92 Å². The first kappa shape index (κ1) is 22.8. The number of H-pyrrole nitrogens is 1. The SMILES string of the molecule is COP(=O)(CC1CCOCC1)Nc1cccc(C(c2cnc[nH]2)c2cccc(C)c2C)c1. The van der Waals surface area contributed by atoms with Gasteiger partial charge in [-0.1, -0.05) is 30.3 Å². The number of imidazole rings is 1. The maximum absolute atomic E-state index is 13.5. The predicted molar refractivity (Wildman–Crippen MR) is 129 cm³/mol. The van der Waals surface area contributed by atoms with Gasteiger partial charge in [0.2, 0.25) is 0 Å². The summed E-state index contributed by atoms with van der Waals surface area (Å²) in [5.74, 6) is 0.342. The van der Waals surface area contributed by atoms with Crippen LogP contribution in [0, 0.1) is 19.8 Å². The summed E-state index contributed by atoms with van der Waals surface area (Å²) >= 11 is 0. The van der Waals surface area contributed by atoms with E-state index in [1.54, 1.807) is 6.33 Å². The Kier molecular flexibility index (Phi) is 7.14. The third-order valence-electron chi connectivity index (χ3n) is 6.44. The van der Waals surface area contributed by atoms with Crippen LogP contribution in [-0.2, 0) is 13.8 Å². The Morgan fingerprint density at radius 3 is 2.72 bits per heavy atom. The number of rotatable bonds is 8. The minimum Gasteiger partial charge on any atom is -0.381 e. The van der Waals surface area contributed by atoms with Gasteiger partial charge in [0.25, 0.3) is 7.52 Å². The summed E-state index contributed by atoms with van der Waals surface area (Å²) in [4.78, 5) is 7.55. The molecule has 32 heavy (non-hydrogen) atoms. The number of anilines is 1. The van der Waals surface area contributed by atoms with Crippen LogP contribution in [0.1, 0.15) is 46.7 Å². The van der Waals surface area contributed by atoms with Gasteiger partial charge in [-0.3, -0.25) is 4.57 Å². The highest BCUT2D eigenvalue weighted by Gasteiger charge is 2.29. The number of benzene rings is 2. The van der Waals surface area contributed by atoms with E-state index in [2.05, 4.69) is 59.2 Å². The molecule has 0 amide bonds. The molecule has 0 bridgehead atoms. The molecule has 3 aromatic rings. The summed E-state index contributed by atoms with van der Waals surface area (Å²) in [6.07, 6.45) is 5.94. The van der Waals surface area contributed by atoms with Crippen molar-refractivity contribution in [1.29, 1.82) is 0 Å². The van der Waals surface area contributed by atoms with Gasteiger partial charge in [0.1, 0.15) is 0 Å². The second-order valence-corrected chi connectivity index (χ2v) is 10.9. The Balaban J connectivity index is 1.65. The second-order valence-electron chi connectivity index (χ2n) is 8.56. The first-order chi connectivity index (χ1) is 15.5. The molecule has 0 spiro atoms. The highest BCUT2D eigenvalue weighted by molar-refractivity contribution is 7.60. The van der Waals surface area contributed by atoms with Crippen LogP contribution in [0.4, 0.5) is 5.69 Å². The largest absolute Gasteiger partial charge is 0.381 e. The lowest BCUT2D eigenvalue weighted by molar-refractivity contribution is 0.0717. The number of aryl methyl sites for hydroxylation is 1. The van der Waals surface area contributed by atoms with Crippen LogP contribution in [0.2, 0.25) is 0 Å². The Labute approximate surface area is 190 Å². The molecule has 1 aliphatic rings. The third kappa shape index (κ3) is 5.15. The average Bonchev–Trinajstić information content (AvgIpc) is 3.32. The van der Waals surface area contributed by atoms with Gasteiger partial charge in [0, 0.05) is 44.1 Å². The summed E-state index contributed by atoms with van der Waals surface area (Å²) < 4.78 is 24.5. The summed E-state index contributed by atoms with van der Waals surface area (Å²) in [7, 11) is -1.49. The number of aromatic nitrogens is 2. The lowest BCUT2D eigenvalue weighted by atomic mass is 9.85. The van der Waals surface area contributed by atoms with E-state index in [0.717, 1.165) is 43.0 Å². The Morgan fingerprint density at radius 1 is 1.22 bits per heavy atom. The summed E-state index contributed by atoms with van der Waals surface area (Å²) in [6, 6.07) is 14.5. The van der Waals surface area contributed by atoms with Crippen molar-refractivity contribution in [3.63, 3.8) is 0 Å². The fourth-order valence-electron chi connectivity index (χ4n) is 4.46. The van der Waals surface area contributed by atoms with Gasteiger partial charge in [-0.2, -0.15) is 0 Å².